The number of methoxy groups -OCH3 is 2. The summed E-state index contributed by atoms with van der Waals surface area (Å²) >= 11 is 1.49. The minimum Gasteiger partial charge on any atom is -0.497 e. The highest BCUT2D eigenvalue weighted by Crippen LogP contribution is 2.51. The molecule has 1 aliphatic rings. The van der Waals surface area contributed by atoms with E-state index in [0.717, 1.165) is 40.1 Å². The van der Waals surface area contributed by atoms with Gasteiger partial charge in [-0.3, -0.25) is 14.5 Å². The fourth-order valence-corrected chi connectivity index (χ4v) is 6.26. The summed E-state index contributed by atoms with van der Waals surface area (Å²) in [5.74, 6) is 1.71. The van der Waals surface area contributed by atoms with E-state index in [-0.39, 0.29) is 35.4 Å². The van der Waals surface area contributed by atoms with Crippen LogP contribution in [-0.2, 0) is 9.59 Å². The Balaban J connectivity index is 1.81. The molecule has 1 aliphatic heterocycles. The second-order valence-electron chi connectivity index (χ2n) is 10.4. The number of amides is 2. The molecule has 2 atom stereocenters. The Morgan fingerprint density at radius 2 is 1.81 bits per heavy atom. The van der Waals surface area contributed by atoms with Crippen molar-refractivity contribution in [2.45, 2.75) is 38.5 Å². The minimum atomic E-state index is -0.342. The third-order valence-corrected chi connectivity index (χ3v) is 8.69. The van der Waals surface area contributed by atoms with Crippen LogP contribution in [0, 0.1) is 6.92 Å². The molecule has 42 heavy (non-hydrogen) atoms. The smallest absolute Gasteiger partial charge is 0.240 e. The molecule has 0 aliphatic carbocycles. The van der Waals surface area contributed by atoms with E-state index >= 15 is 0 Å². The first-order valence-corrected chi connectivity index (χ1v) is 15.1. The molecule has 1 N–H and O–H groups in total. The standard InChI is InChI=1S/C33H36N4O4S/c1-6-22(3)34-28(38)19-36-29(39)20-42-32(26-18-25(40-4)16-17-27(26)41-5)30-31(23-10-8-7-9-11-23)35-37(33(30)36)24-14-12-21(2)13-15-24/h7-18,22,32H,6,19-20H2,1-5H3,(H,34,38)/t22-,32+/m1/s1. The number of aryl methyl sites for hydroxylation is 1. The molecule has 218 valence electrons. The first-order valence-electron chi connectivity index (χ1n) is 14.0. The number of aromatic nitrogens is 2. The number of carbonyl (C=O) groups is 2. The average molecular weight is 585 g/mol. The van der Waals surface area contributed by atoms with Gasteiger partial charge in [-0.05, 0) is 50.6 Å². The van der Waals surface area contributed by atoms with Gasteiger partial charge >= 0.3 is 0 Å². The van der Waals surface area contributed by atoms with E-state index in [1.54, 1.807) is 23.8 Å². The average Bonchev–Trinajstić information content (AvgIpc) is 3.34. The maximum absolute atomic E-state index is 13.9. The van der Waals surface area contributed by atoms with Crippen LogP contribution in [0.2, 0.25) is 0 Å². The monoisotopic (exact) mass is 584 g/mol. The van der Waals surface area contributed by atoms with Crippen molar-refractivity contribution < 1.29 is 19.1 Å². The lowest BCUT2D eigenvalue weighted by molar-refractivity contribution is -0.123. The molecule has 0 radical (unpaired) electrons. The van der Waals surface area contributed by atoms with Crippen LogP contribution in [0.4, 0.5) is 5.82 Å². The van der Waals surface area contributed by atoms with Crippen LogP contribution in [0.5, 0.6) is 11.5 Å². The van der Waals surface area contributed by atoms with Crippen LogP contribution < -0.4 is 19.7 Å². The quantitative estimate of drug-likeness (QED) is 0.262. The zero-order valence-corrected chi connectivity index (χ0v) is 25.4. The lowest BCUT2D eigenvalue weighted by Crippen LogP contribution is -2.44. The van der Waals surface area contributed by atoms with Gasteiger partial charge in [0.15, 0.2) is 0 Å². The minimum absolute atomic E-state index is 0.0101. The molecule has 8 nitrogen and oxygen atoms in total. The molecular weight excluding hydrogens is 548 g/mol. The Hall–Kier alpha value is -4.24. The summed E-state index contributed by atoms with van der Waals surface area (Å²) in [5, 5.41) is 7.83. The largest absolute Gasteiger partial charge is 0.497 e. The maximum Gasteiger partial charge on any atom is 0.240 e. The highest BCUT2D eigenvalue weighted by molar-refractivity contribution is 8.00. The molecule has 0 saturated carbocycles. The first-order chi connectivity index (χ1) is 20.3. The second kappa shape index (κ2) is 12.7. The van der Waals surface area contributed by atoms with Crippen molar-refractivity contribution in [3.8, 4) is 28.4 Å². The van der Waals surface area contributed by atoms with Gasteiger partial charge in [0.1, 0.15) is 23.9 Å². The number of ether oxygens (including phenoxy) is 2. The Kier molecular flexibility index (Phi) is 8.87. The predicted octanol–water partition coefficient (Wildman–Crippen LogP) is 5.95. The van der Waals surface area contributed by atoms with Crippen LogP contribution in [0.1, 0.15) is 42.2 Å². The summed E-state index contributed by atoms with van der Waals surface area (Å²) in [6, 6.07) is 23.6. The fraction of sp³-hybridized carbons (Fsp3) is 0.303. The molecule has 0 saturated heterocycles. The number of fused-ring (bicyclic) bond motifs is 1. The summed E-state index contributed by atoms with van der Waals surface area (Å²) in [6.45, 7) is 5.88. The predicted molar refractivity (Wildman–Crippen MR) is 168 cm³/mol. The number of carbonyl (C=O) groups excluding carboxylic acids is 2. The molecule has 2 amide bonds. The molecule has 0 unspecified atom stereocenters. The highest BCUT2D eigenvalue weighted by atomic mass is 32.2. The van der Waals surface area contributed by atoms with Crippen LogP contribution in [0.3, 0.4) is 0 Å². The molecule has 5 rings (SSSR count). The van der Waals surface area contributed by atoms with Gasteiger partial charge in [0.05, 0.1) is 36.6 Å². The van der Waals surface area contributed by atoms with E-state index in [9.17, 15) is 9.59 Å². The summed E-state index contributed by atoms with van der Waals surface area (Å²) in [4.78, 5) is 28.8. The Bertz CT molecular complexity index is 1570. The molecule has 3 aromatic carbocycles. The van der Waals surface area contributed by atoms with Gasteiger partial charge in [0.25, 0.3) is 0 Å². The Labute approximate surface area is 251 Å². The maximum atomic E-state index is 13.9. The van der Waals surface area contributed by atoms with E-state index in [2.05, 4.69) is 5.32 Å². The lowest BCUT2D eigenvalue weighted by Gasteiger charge is -2.24. The third-order valence-electron chi connectivity index (χ3n) is 7.46. The van der Waals surface area contributed by atoms with E-state index in [1.165, 1.54) is 11.8 Å². The van der Waals surface area contributed by atoms with E-state index in [0.29, 0.717) is 17.3 Å². The number of hydrogen-bond acceptors (Lipinski definition) is 6. The van der Waals surface area contributed by atoms with Crippen molar-refractivity contribution in [1.29, 1.82) is 0 Å². The van der Waals surface area contributed by atoms with Gasteiger partial charge in [-0.25, -0.2) is 4.68 Å². The van der Waals surface area contributed by atoms with Crippen LogP contribution in [0.15, 0.2) is 72.8 Å². The van der Waals surface area contributed by atoms with E-state index < -0.39 is 0 Å². The van der Waals surface area contributed by atoms with Crippen molar-refractivity contribution in [3.63, 3.8) is 0 Å². The molecule has 1 aromatic heterocycles. The number of anilines is 1. The molecule has 0 spiro atoms. The Morgan fingerprint density at radius 1 is 1.07 bits per heavy atom. The molecule has 2 heterocycles. The van der Waals surface area contributed by atoms with Crippen molar-refractivity contribution in [3.05, 3.63) is 89.5 Å². The summed E-state index contributed by atoms with van der Waals surface area (Å²) in [7, 11) is 3.27. The molecule has 4 aromatic rings. The number of benzene rings is 3. The van der Waals surface area contributed by atoms with Gasteiger partial charge in [-0.1, -0.05) is 55.0 Å². The Morgan fingerprint density at radius 3 is 2.48 bits per heavy atom. The lowest BCUT2D eigenvalue weighted by atomic mass is 9.98. The van der Waals surface area contributed by atoms with Crippen molar-refractivity contribution in [2.75, 3.05) is 31.4 Å². The number of nitrogens with zero attached hydrogens (tertiary/aromatic N) is 3. The first kappa shape index (κ1) is 29.3. The van der Waals surface area contributed by atoms with Gasteiger partial charge in [0, 0.05) is 22.7 Å². The topological polar surface area (TPSA) is 85.7 Å². The van der Waals surface area contributed by atoms with Crippen LogP contribution >= 0.6 is 11.8 Å². The highest BCUT2D eigenvalue weighted by Gasteiger charge is 2.39. The molecule has 0 bridgehead atoms. The summed E-state index contributed by atoms with van der Waals surface area (Å²) in [6.07, 6.45) is 0.790. The molecule has 0 fully saturated rings. The summed E-state index contributed by atoms with van der Waals surface area (Å²) in [5.41, 5.74) is 5.24. The second-order valence-corrected chi connectivity index (χ2v) is 11.4. The van der Waals surface area contributed by atoms with E-state index in [4.69, 9.17) is 14.6 Å². The zero-order valence-electron chi connectivity index (χ0n) is 24.6. The van der Waals surface area contributed by atoms with Crippen LogP contribution in [0.25, 0.3) is 16.9 Å². The number of rotatable bonds is 9. The summed E-state index contributed by atoms with van der Waals surface area (Å²) < 4.78 is 13.2. The van der Waals surface area contributed by atoms with E-state index in [1.807, 2.05) is 93.6 Å². The normalized spacial score (nSPS) is 15.5. The van der Waals surface area contributed by atoms with Crippen molar-refractivity contribution >= 4 is 29.4 Å². The number of nitrogens with one attached hydrogen (secondary N) is 1. The van der Waals surface area contributed by atoms with Crippen molar-refractivity contribution in [2.24, 2.45) is 0 Å². The molecular formula is C33H36N4O4S. The van der Waals surface area contributed by atoms with Gasteiger partial charge < -0.3 is 14.8 Å². The SMILES string of the molecule is CC[C@@H](C)NC(=O)CN1C(=O)CS[C@@H](c2cc(OC)ccc2OC)c2c(-c3ccccc3)nn(-c3ccc(C)cc3)c21. The van der Waals surface area contributed by atoms with Gasteiger partial charge in [-0.15, -0.1) is 11.8 Å². The fourth-order valence-electron chi connectivity index (χ4n) is 5.05. The number of hydrogen-bond donors (Lipinski definition) is 1. The van der Waals surface area contributed by atoms with Gasteiger partial charge in [-0.2, -0.15) is 5.10 Å². The molecule has 9 heteroatoms. The zero-order chi connectivity index (χ0) is 29.8. The third kappa shape index (κ3) is 5.87. The number of thioether (sulfide) groups is 1. The van der Waals surface area contributed by atoms with Crippen LogP contribution in [-0.4, -0.2) is 54.2 Å². The van der Waals surface area contributed by atoms with Crippen molar-refractivity contribution in [1.82, 2.24) is 15.1 Å². The van der Waals surface area contributed by atoms with Gasteiger partial charge in [0.2, 0.25) is 11.8 Å².